The topological polar surface area (TPSA) is 18.5 Å². The number of nitrogens with one attached hydrogen (secondary N) is 1. The molecule has 0 aromatic heterocycles. The smallest absolute Gasteiger partial charge is 0.0110 e. The van der Waals surface area contributed by atoms with E-state index >= 15 is 0 Å². The molecule has 1 saturated heterocycles. The van der Waals surface area contributed by atoms with Crippen molar-refractivity contribution in [3.05, 3.63) is 0 Å². The summed E-state index contributed by atoms with van der Waals surface area (Å²) < 4.78 is 0. The molecular weight excluding hydrogens is 210 g/mol. The Morgan fingerprint density at radius 2 is 1.71 bits per heavy atom. The first-order valence-electron chi connectivity index (χ1n) is 7.39. The second kappa shape index (κ2) is 6.72. The van der Waals surface area contributed by atoms with E-state index in [4.69, 9.17) is 0 Å². The Labute approximate surface area is 107 Å². The molecule has 1 aliphatic heterocycles. The molecule has 0 aromatic carbocycles. The van der Waals surface area contributed by atoms with Gasteiger partial charge in [-0.1, -0.05) is 13.8 Å². The van der Waals surface area contributed by atoms with E-state index in [1.165, 1.54) is 65.2 Å². The summed E-state index contributed by atoms with van der Waals surface area (Å²) in [6.07, 6.45) is 2.92. The fraction of sp³-hybridized carbons (Fsp3) is 1.00. The number of piperazine rings is 1. The Kier molecular flexibility index (Phi) is 5.26. The second-order valence-corrected chi connectivity index (χ2v) is 6.18. The zero-order valence-electron chi connectivity index (χ0n) is 11.6. The van der Waals surface area contributed by atoms with Crippen molar-refractivity contribution in [2.45, 2.75) is 26.7 Å². The minimum Gasteiger partial charge on any atom is -0.315 e. The van der Waals surface area contributed by atoms with Gasteiger partial charge in [-0.3, -0.25) is 4.90 Å². The lowest BCUT2D eigenvalue weighted by Crippen LogP contribution is -2.48. The quantitative estimate of drug-likeness (QED) is 0.675. The molecule has 2 aliphatic rings. The first-order valence-corrected chi connectivity index (χ1v) is 7.39. The Hall–Kier alpha value is -0.120. The normalized spacial score (nSPS) is 23.5. The Morgan fingerprint density at radius 3 is 2.29 bits per heavy atom. The van der Waals surface area contributed by atoms with E-state index in [0.29, 0.717) is 0 Å². The maximum atomic E-state index is 3.58. The lowest BCUT2D eigenvalue weighted by Gasteiger charge is -2.35. The second-order valence-electron chi connectivity index (χ2n) is 6.18. The highest BCUT2D eigenvalue weighted by Gasteiger charge is 2.20. The van der Waals surface area contributed by atoms with Crippen LogP contribution in [0.5, 0.6) is 0 Å². The van der Waals surface area contributed by atoms with Crippen LogP contribution in [0.4, 0.5) is 0 Å². The summed E-state index contributed by atoms with van der Waals surface area (Å²) in [6.45, 7) is 14.6. The van der Waals surface area contributed by atoms with Gasteiger partial charge in [-0.2, -0.15) is 0 Å². The lowest BCUT2D eigenvalue weighted by molar-refractivity contribution is 0.123. The molecule has 0 bridgehead atoms. The molecule has 2 fully saturated rings. The van der Waals surface area contributed by atoms with Gasteiger partial charge in [0.15, 0.2) is 0 Å². The van der Waals surface area contributed by atoms with Gasteiger partial charge in [0.2, 0.25) is 0 Å². The van der Waals surface area contributed by atoms with Crippen LogP contribution in [0.1, 0.15) is 26.7 Å². The van der Waals surface area contributed by atoms with Gasteiger partial charge >= 0.3 is 0 Å². The molecule has 0 aromatic rings. The number of rotatable bonds is 7. The van der Waals surface area contributed by atoms with Crippen molar-refractivity contribution in [1.82, 2.24) is 15.1 Å². The molecule has 1 saturated carbocycles. The van der Waals surface area contributed by atoms with E-state index in [1.54, 1.807) is 0 Å². The first-order chi connectivity index (χ1) is 8.24. The van der Waals surface area contributed by atoms with Crippen LogP contribution in [0.25, 0.3) is 0 Å². The molecule has 100 valence electrons. The number of hydrogen-bond donors (Lipinski definition) is 1. The van der Waals surface area contributed by atoms with Gasteiger partial charge in [-0.25, -0.2) is 0 Å². The average molecular weight is 239 g/mol. The van der Waals surface area contributed by atoms with Crippen LogP contribution in [-0.2, 0) is 0 Å². The van der Waals surface area contributed by atoms with Crippen LogP contribution in [0.2, 0.25) is 0 Å². The molecule has 1 N–H and O–H groups in total. The summed E-state index contributed by atoms with van der Waals surface area (Å²) >= 11 is 0. The molecular formula is C14H29N3. The van der Waals surface area contributed by atoms with E-state index < -0.39 is 0 Å². The lowest BCUT2D eigenvalue weighted by atomic mass is 10.2. The van der Waals surface area contributed by atoms with Crippen molar-refractivity contribution in [2.75, 3.05) is 52.4 Å². The summed E-state index contributed by atoms with van der Waals surface area (Å²) in [5.41, 5.74) is 0. The molecule has 0 spiro atoms. The highest BCUT2D eigenvalue weighted by molar-refractivity contribution is 4.76. The summed E-state index contributed by atoms with van der Waals surface area (Å²) in [7, 11) is 0. The van der Waals surface area contributed by atoms with Gasteiger partial charge in [-0.15, -0.1) is 0 Å². The van der Waals surface area contributed by atoms with Gasteiger partial charge in [0.05, 0.1) is 0 Å². The maximum absolute atomic E-state index is 3.58. The van der Waals surface area contributed by atoms with Crippen molar-refractivity contribution >= 4 is 0 Å². The molecule has 3 heteroatoms. The van der Waals surface area contributed by atoms with Gasteiger partial charge in [0.1, 0.15) is 0 Å². The third-order valence-electron chi connectivity index (χ3n) is 3.82. The van der Waals surface area contributed by atoms with Crippen molar-refractivity contribution in [3.8, 4) is 0 Å². The van der Waals surface area contributed by atoms with Gasteiger partial charge in [0, 0.05) is 45.8 Å². The summed E-state index contributed by atoms with van der Waals surface area (Å²) in [5.74, 6) is 1.82. The zero-order valence-corrected chi connectivity index (χ0v) is 11.6. The SMILES string of the molecule is CC(C)CN1CCN(CCNCC2CC2)CC1. The largest absolute Gasteiger partial charge is 0.315 e. The van der Waals surface area contributed by atoms with Crippen LogP contribution >= 0.6 is 0 Å². The van der Waals surface area contributed by atoms with Gasteiger partial charge < -0.3 is 10.2 Å². The van der Waals surface area contributed by atoms with Crippen molar-refractivity contribution < 1.29 is 0 Å². The fourth-order valence-corrected chi connectivity index (χ4v) is 2.58. The predicted octanol–water partition coefficient (Wildman–Crippen LogP) is 1.26. The molecule has 1 aliphatic carbocycles. The highest BCUT2D eigenvalue weighted by atomic mass is 15.3. The summed E-state index contributed by atoms with van der Waals surface area (Å²) in [4.78, 5) is 5.22. The highest BCUT2D eigenvalue weighted by Crippen LogP contribution is 2.27. The summed E-state index contributed by atoms with van der Waals surface area (Å²) in [6, 6.07) is 0. The monoisotopic (exact) mass is 239 g/mol. The van der Waals surface area contributed by atoms with Crippen molar-refractivity contribution in [1.29, 1.82) is 0 Å². The molecule has 0 amide bonds. The maximum Gasteiger partial charge on any atom is 0.0110 e. The van der Waals surface area contributed by atoms with Crippen LogP contribution in [0, 0.1) is 11.8 Å². The molecule has 0 unspecified atom stereocenters. The van der Waals surface area contributed by atoms with E-state index in [0.717, 1.165) is 11.8 Å². The first kappa shape index (κ1) is 13.3. The number of nitrogens with zero attached hydrogens (tertiary/aromatic N) is 2. The molecule has 3 nitrogen and oxygen atoms in total. The van der Waals surface area contributed by atoms with Crippen LogP contribution in [0.15, 0.2) is 0 Å². The Morgan fingerprint density at radius 1 is 1.06 bits per heavy atom. The van der Waals surface area contributed by atoms with Crippen LogP contribution in [-0.4, -0.2) is 62.2 Å². The van der Waals surface area contributed by atoms with E-state index in [2.05, 4.69) is 29.0 Å². The van der Waals surface area contributed by atoms with Gasteiger partial charge in [-0.05, 0) is 31.2 Å². The average Bonchev–Trinajstić information content (AvgIpc) is 3.10. The van der Waals surface area contributed by atoms with Crippen LogP contribution in [0.3, 0.4) is 0 Å². The van der Waals surface area contributed by atoms with Crippen molar-refractivity contribution in [2.24, 2.45) is 11.8 Å². The fourth-order valence-electron chi connectivity index (χ4n) is 2.58. The van der Waals surface area contributed by atoms with E-state index in [9.17, 15) is 0 Å². The number of hydrogen-bond acceptors (Lipinski definition) is 3. The molecule has 0 atom stereocenters. The van der Waals surface area contributed by atoms with Crippen LogP contribution < -0.4 is 5.32 Å². The van der Waals surface area contributed by atoms with Crippen molar-refractivity contribution in [3.63, 3.8) is 0 Å². The van der Waals surface area contributed by atoms with Gasteiger partial charge in [0.25, 0.3) is 0 Å². The predicted molar refractivity (Wildman–Crippen MR) is 73.3 cm³/mol. The third-order valence-corrected chi connectivity index (χ3v) is 3.82. The van der Waals surface area contributed by atoms with E-state index in [1.807, 2.05) is 0 Å². The Balaban J connectivity index is 1.49. The minimum absolute atomic E-state index is 0.807. The zero-order chi connectivity index (χ0) is 12.1. The molecule has 0 radical (unpaired) electrons. The minimum atomic E-state index is 0.807. The molecule has 17 heavy (non-hydrogen) atoms. The third kappa shape index (κ3) is 5.36. The molecule has 1 heterocycles. The standard InChI is InChI=1S/C14H29N3/c1-13(2)12-17-9-7-16(8-10-17)6-5-15-11-14-3-4-14/h13-15H,3-12H2,1-2H3. The Bertz CT molecular complexity index is 203. The summed E-state index contributed by atoms with van der Waals surface area (Å²) in [5, 5.41) is 3.58. The molecule has 2 rings (SSSR count). The van der Waals surface area contributed by atoms with E-state index in [-0.39, 0.29) is 0 Å².